The highest BCUT2D eigenvalue weighted by Gasteiger charge is 2.40. The van der Waals surface area contributed by atoms with Gasteiger partial charge in [-0.3, -0.25) is 4.68 Å². The van der Waals surface area contributed by atoms with Crippen LogP contribution in [-0.4, -0.2) is 15.7 Å². The molecule has 0 bridgehead atoms. The first-order valence-electron chi connectivity index (χ1n) is 6.65. The molecule has 0 spiro atoms. The van der Waals surface area contributed by atoms with Crippen molar-refractivity contribution in [3.05, 3.63) is 15.0 Å². The summed E-state index contributed by atoms with van der Waals surface area (Å²) in [6.07, 6.45) is 0.688. The lowest BCUT2D eigenvalue weighted by Gasteiger charge is -2.13. The van der Waals surface area contributed by atoms with Gasteiger partial charge in [-0.05, 0) is 41.4 Å². The first kappa shape index (κ1) is 16.0. The lowest BCUT2D eigenvalue weighted by molar-refractivity contribution is 0.00343. The number of halogens is 5. The van der Waals surface area contributed by atoms with Crippen LogP contribution in [0.5, 0.6) is 0 Å². The third kappa shape index (κ3) is 3.28. The maximum atomic E-state index is 13.5. The van der Waals surface area contributed by atoms with Crippen molar-refractivity contribution in [1.29, 1.82) is 0 Å². The number of nitrogens with zero attached hydrogens (tertiary/aromatic N) is 2. The van der Waals surface area contributed by atoms with Crippen molar-refractivity contribution in [3.8, 4) is 0 Å². The molecule has 1 atom stereocenters. The van der Waals surface area contributed by atoms with Gasteiger partial charge in [0.1, 0.15) is 5.69 Å². The van der Waals surface area contributed by atoms with Crippen molar-refractivity contribution in [1.82, 2.24) is 9.78 Å². The largest absolute Gasteiger partial charge is 0.289 e. The van der Waals surface area contributed by atoms with Gasteiger partial charge in [0, 0.05) is 26.3 Å². The summed E-state index contributed by atoms with van der Waals surface area (Å²) in [6.45, 7) is 2.96. The van der Waals surface area contributed by atoms with Crippen molar-refractivity contribution in [2.45, 2.75) is 57.9 Å². The Morgan fingerprint density at radius 3 is 2.55 bits per heavy atom. The third-order valence-electron chi connectivity index (χ3n) is 3.68. The number of aromatic nitrogens is 2. The second kappa shape index (κ2) is 5.46. The molecule has 0 saturated heterocycles. The van der Waals surface area contributed by atoms with Crippen LogP contribution in [0.3, 0.4) is 0 Å². The standard InChI is InChI=1S/C13H17F4IN2/c1-3-9-10(18)11(12(2,14)15)19-20(9)7-8-4-5-13(16,17)6-8/h8H,3-7H2,1-2H3. The van der Waals surface area contributed by atoms with E-state index in [9.17, 15) is 17.6 Å². The molecule has 1 saturated carbocycles. The number of alkyl halides is 4. The molecule has 1 heterocycles. The highest BCUT2D eigenvalue weighted by atomic mass is 127. The molecule has 1 aromatic rings. The number of rotatable bonds is 4. The fourth-order valence-corrected chi connectivity index (χ4v) is 3.93. The molecule has 20 heavy (non-hydrogen) atoms. The van der Waals surface area contributed by atoms with Crippen molar-refractivity contribution < 1.29 is 17.6 Å². The third-order valence-corrected chi connectivity index (χ3v) is 4.81. The van der Waals surface area contributed by atoms with Gasteiger partial charge in [0.25, 0.3) is 5.92 Å². The molecule has 1 aliphatic rings. The monoisotopic (exact) mass is 404 g/mol. The van der Waals surface area contributed by atoms with Gasteiger partial charge in [-0.1, -0.05) is 6.92 Å². The van der Waals surface area contributed by atoms with Crippen LogP contribution >= 0.6 is 22.6 Å². The fraction of sp³-hybridized carbons (Fsp3) is 0.769. The van der Waals surface area contributed by atoms with E-state index in [0.29, 0.717) is 28.7 Å². The minimum absolute atomic E-state index is 0.117. The van der Waals surface area contributed by atoms with Gasteiger partial charge in [-0.25, -0.2) is 8.78 Å². The Labute approximate surface area is 129 Å². The van der Waals surface area contributed by atoms with Crippen LogP contribution in [0.25, 0.3) is 0 Å². The Bertz CT molecular complexity index is 493. The predicted octanol–water partition coefficient (Wildman–Crippen LogP) is 4.60. The average molecular weight is 404 g/mol. The first-order valence-corrected chi connectivity index (χ1v) is 7.73. The molecule has 114 valence electrons. The van der Waals surface area contributed by atoms with Crippen molar-refractivity contribution >= 4 is 22.6 Å². The van der Waals surface area contributed by atoms with E-state index in [1.54, 1.807) is 0 Å². The Balaban J connectivity index is 2.24. The summed E-state index contributed by atoms with van der Waals surface area (Å²) in [5.74, 6) is -5.82. The second-order valence-corrected chi connectivity index (χ2v) is 6.58. The van der Waals surface area contributed by atoms with E-state index in [-0.39, 0.29) is 24.5 Å². The molecule has 7 heteroatoms. The van der Waals surface area contributed by atoms with E-state index in [1.807, 2.05) is 29.5 Å². The molecular formula is C13H17F4IN2. The molecule has 1 aliphatic carbocycles. The van der Waals surface area contributed by atoms with Gasteiger partial charge in [0.2, 0.25) is 5.92 Å². The summed E-state index contributed by atoms with van der Waals surface area (Å²) in [6, 6.07) is 0. The molecule has 2 rings (SSSR count). The predicted molar refractivity (Wildman–Crippen MR) is 76.2 cm³/mol. The van der Waals surface area contributed by atoms with Crippen molar-refractivity contribution in [2.24, 2.45) is 5.92 Å². The summed E-state index contributed by atoms with van der Waals surface area (Å²) >= 11 is 1.87. The molecule has 0 aliphatic heterocycles. The number of hydrogen-bond acceptors (Lipinski definition) is 1. The average Bonchev–Trinajstić information content (AvgIpc) is 2.79. The highest BCUT2D eigenvalue weighted by molar-refractivity contribution is 14.1. The zero-order valence-corrected chi connectivity index (χ0v) is 13.6. The van der Waals surface area contributed by atoms with Crippen LogP contribution in [0.4, 0.5) is 17.6 Å². The number of hydrogen-bond donors (Lipinski definition) is 0. The SMILES string of the molecule is CCc1c(I)c(C(C)(F)F)nn1CC1CCC(F)(F)C1. The lowest BCUT2D eigenvalue weighted by Crippen LogP contribution is -2.16. The van der Waals surface area contributed by atoms with Gasteiger partial charge >= 0.3 is 0 Å². The maximum absolute atomic E-state index is 13.5. The van der Waals surface area contributed by atoms with E-state index in [0.717, 1.165) is 6.92 Å². The zero-order chi connectivity index (χ0) is 15.1. The molecule has 1 unspecified atom stereocenters. The van der Waals surface area contributed by atoms with Crippen LogP contribution in [0.2, 0.25) is 0 Å². The Morgan fingerprint density at radius 1 is 1.45 bits per heavy atom. The summed E-state index contributed by atoms with van der Waals surface area (Å²) in [5, 5.41) is 3.98. The zero-order valence-electron chi connectivity index (χ0n) is 11.4. The van der Waals surface area contributed by atoms with Gasteiger partial charge in [-0.15, -0.1) is 0 Å². The molecule has 2 nitrogen and oxygen atoms in total. The Kier molecular flexibility index (Phi) is 4.37. The highest BCUT2D eigenvalue weighted by Crippen LogP contribution is 2.40. The topological polar surface area (TPSA) is 17.8 Å². The van der Waals surface area contributed by atoms with Crippen LogP contribution in [0, 0.1) is 9.49 Å². The van der Waals surface area contributed by atoms with Gasteiger partial charge in [0.15, 0.2) is 0 Å². The van der Waals surface area contributed by atoms with Crippen molar-refractivity contribution in [3.63, 3.8) is 0 Å². The van der Waals surface area contributed by atoms with E-state index >= 15 is 0 Å². The smallest absolute Gasteiger partial charge is 0.268 e. The van der Waals surface area contributed by atoms with E-state index in [1.165, 1.54) is 4.68 Å². The summed E-state index contributed by atoms with van der Waals surface area (Å²) < 4.78 is 55.3. The van der Waals surface area contributed by atoms with Crippen LogP contribution < -0.4 is 0 Å². The Hall–Kier alpha value is -0.340. The maximum Gasteiger partial charge on any atom is 0.289 e. The minimum atomic E-state index is -3.01. The summed E-state index contributed by atoms with van der Waals surface area (Å²) in [4.78, 5) is 0. The molecule has 0 radical (unpaired) electrons. The normalized spacial score (nSPS) is 22.4. The molecule has 1 aromatic heterocycles. The summed E-state index contributed by atoms with van der Waals surface area (Å²) in [7, 11) is 0. The van der Waals surface area contributed by atoms with Crippen LogP contribution in [-0.2, 0) is 18.9 Å². The lowest BCUT2D eigenvalue weighted by atomic mass is 10.1. The molecule has 0 amide bonds. The van der Waals surface area contributed by atoms with Crippen LogP contribution in [0.15, 0.2) is 0 Å². The molecule has 0 N–H and O–H groups in total. The second-order valence-electron chi connectivity index (χ2n) is 5.50. The molecule has 0 aromatic carbocycles. The molecule has 1 fully saturated rings. The van der Waals surface area contributed by atoms with Crippen molar-refractivity contribution in [2.75, 3.05) is 0 Å². The van der Waals surface area contributed by atoms with E-state index in [2.05, 4.69) is 5.10 Å². The van der Waals surface area contributed by atoms with Gasteiger partial charge in [0.05, 0.1) is 9.26 Å². The van der Waals surface area contributed by atoms with E-state index < -0.39 is 11.8 Å². The quantitative estimate of drug-likeness (QED) is 0.530. The van der Waals surface area contributed by atoms with Gasteiger partial charge < -0.3 is 0 Å². The fourth-order valence-electron chi connectivity index (χ4n) is 2.69. The van der Waals surface area contributed by atoms with Crippen LogP contribution in [0.1, 0.15) is 44.5 Å². The Morgan fingerprint density at radius 2 is 2.10 bits per heavy atom. The van der Waals surface area contributed by atoms with E-state index in [4.69, 9.17) is 0 Å². The minimum Gasteiger partial charge on any atom is -0.268 e. The summed E-state index contributed by atoms with van der Waals surface area (Å²) in [5.41, 5.74) is 0.456. The molecular weight excluding hydrogens is 387 g/mol. The van der Waals surface area contributed by atoms with Gasteiger partial charge in [-0.2, -0.15) is 13.9 Å². The first-order chi connectivity index (χ1) is 9.14.